The molecule has 1 saturated heterocycles. The van der Waals surface area contributed by atoms with Crippen molar-refractivity contribution in [3.8, 4) is 0 Å². The van der Waals surface area contributed by atoms with Gasteiger partial charge in [0, 0.05) is 48.7 Å². The maximum atomic E-state index is 12.4. The van der Waals surface area contributed by atoms with Gasteiger partial charge in [-0.05, 0) is 55.2 Å². The molecule has 1 aromatic heterocycles. The number of hydrogen-bond donors (Lipinski definition) is 1. The van der Waals surface area contributed by atoms with Gasteiger partial charge in [-0.25, -0.2) is 0 Å². The molecule has 24 heavy (non-hydrogen) atoms. The summed E-state index contributed by atoms with van der Waals surface area (Å²) in [6.45, 7) is 4.50. The summed E-state index contributed by atoms with van der Waals surface area (Å²) in [5.41, 5.74) is 3.20. The Bertz CT molecular complexity index is 697. The lowest BCUT2D eigenvalue weighted by Crippen LogP contribution is -2.44. The van der Waals surface area contributed by atoms with E-state index >= 15 is 0 Å². The van der Waals surface area contributed by atoms with E-state index in [1.54, 1.807) is 24.5 Å². The fourth-order valence-corrected chi connectivity index (χ4v) is 3.30. The zero-order valence-corrected chi connectivity index (χ0v) is 14.6. The summed E-state index contributed by atoms with van der Waals surface area (Å²) in [6, 6.07) is 10.00. The second-order valence-corrected chi connectivity index (χ2v) is 6.69. The van der Waals surface area contributed by atoms with E-state index in [9.17, 15) is 4.79 Å². The van der Waals surface area contributed by atoms with Crippen LogP contribution in [0.25, 0.3) is 0 Å². The highest BCUT2D eigenvalue weighted by Gasteiger charge is 2.23. The normalized spacial score (nSPS) is 15.5. The predicted molar refractivity (Wildman–Crippen MR) is 96.2 cm³/mol. The largest absolute Gasteiger partial charge is 0.339 e. The highest BCUT2D eigenvalue weighted by molar-refractivity contribution is 6.30. The van der Waals surface area contributed by atoms with E-state index in [0.717, 1.165) is 37.5 Å². The minimum atomic E-state index is 0.101. The third-order valence-electron chi connectivity index (χ3n) is 4.60. The average molecular weight is 344 g/mol. The average Bonchev–Trinajstić information content (AvgIpc) is 2.62. The summed E-state index contributed by atoms with van der Waals surface area (Å²) < 4.78 is 0. The number of benzene rings is 1. The standard InChI is InChI=1S/C19H22ClN3O/c1-14-12-17(20)3-2-16(14)13-22-18-6-10-23(11-7-18)19(24)15-4-8-21-9-5-15/h2-5,8-9,12,18,22H,6-7,10-11,13H2,1H3. The molecule has 5 heteroatoms. The van der Waals surface area contributed by atoms with Crippen LogP contribution in [0.4, 0.5) is 0 Å². The number of nitrogens with one attached hydrogen (secondary N) is 1. The van der Waals surface area contributed by atoms with Crippen LogP contribution in [-0.2, 0) is 6.54 Å². The van der Waals surface area contributed by atoms with Crippen molar-refractivity contribution in [3.63, 3.8) is 0 Å². The lowest BCUT2D eigenvalue weighted by Gasteiger charge is -2.32. The smallest absolute Gasteiger partial charge is 0.253 e. The van der Waals surface area contributed by atoms with E-state index in [1.807, 2.05) is 17.0 Å². The van der Waals surface area contributed by atoms with Gasteiger partial charge in [-0.1, -0.05) is 17.7 Å². The van der Waals surface area contributed by atoms with Gasteiger partial charge < -0.3 is 10.2 Å². The first-order chi connectivity index (χ1) is 11.6. The van der Waals surface area contributed by atoms with Crippen molar-refractivity contribution in [1.82, 2.24) is 15.2 Å². The van der Waals surface area contributed by atoms with Gasteiger partial charge in [0.25, 0.3) is 5.91 Å². The van der Waals surface area contributed by atoms with Crippen molar-refractivity contribution < 1.29 is 4.79 Å². The maximum absolute atomic E-state index is 12.4. The molecule has 1 N–H and O–H groups in total. The lowest BCUT2D eigenvalue weighted by atomic mass is 10.0. The molecule has 2 heterocycles. The van der Waals surface area contributed by atoms with Crippen LogP contribution in [0.3, 0.4) is 0 Å². The molecule has 4 nitrogen and oxygen atoms in total. The fraction of sp³-hybridized carbons (Fsp3) is 0.368. The molecular weight excluding hydrogens is 322 g/mol. The molecule has 126 valence electrons. The quantitative estimate of drug-likeness (QED) is 0.925. The number of nitrogens with zero attached hydrogens (tertiary/aromatic N) is 2. The van der Waals surface area contributed by atoms with Gasteiger partial charge in [-0.2, -0.15) is 0 Å². The highest BCUT2D eigenvalue weighted by atomic mass is 35.5. The molecule has 0 saturated carbocycles. The Morgan fingerprint density at radius 1 is 1.25 bits per heavy atom. The molecule has 1 amide bonds. The van der Waals surface area contributed by atoms with Gasteiger partial charge in [0.05, 0.1) is 0 Å². The second-order valence-electron chi connectivity index (χ2n) is 6.25. The minimum absolute atomic E-state index is 0.101. The minimum Gasteiger partial charge on any atom is -0.339 e. The number of halogens is 1. The lowest BCUT2D eigenvalue weighted by molar-refractivity contribution is 0.0704. The zero-order valence-electron chi connectivity index (χ0n) is 13.8. The summed E-state index contributed by atoms with van der Waals surface area (Å²) in [7, 11) is 0. The van der Waals surface area contributed by atoms with Crippen LogP contribution < -0.4 is 5.32 Å². The number of rotatable bonds is 4. The Kier molecular flexibility index (Phi) is 5.48. The molecule has 0 spiro atoms. The van der Waals surface area contributed by atoms with Crippen LogP contribution in [0.15, 0.2) is 42.7 Å². The van der Waals surface area contributed by atoms with Crippen LogP contribution in [0, 0.1) is 6.92 Å². The van der Waals surface area contributed by atoms with Crippen LogP contribution in [0.1, 0.15) is 34.3 Å². The topological polar surface area (TPSA) is 45.2 Å². The van der Waals surface area contributed by atoms with Crippen molar-refractivity contribution in [2.45, 2.75) is 32.4 Å². The van der Waals surface area contributed by atoms with Crippen LogP contribution in [0.2, 0.25) is 5.02 Å². The van der Waals surface area contributed by atoms with Crippen LogP contribution >= 0.6 is 11.6 Å². The number of aryl methyl sites for hydroxylation is 1. The molecule has 2 aromatic rings. The third-order valence-corrected chi connectivity index (χ3v) is 4.83. The van der Waals surface area contributed by atoms with E-state index in [2.05, 4.69) is 23.3 Å². The maximum Gasteiger partial charge on any atom is 0.253 e. The molecule has 0 radical (unpaired) electrons. The predicted octanol–water partition coefficient (Wildman–Crippen LogP) is 3.44. The number of piperidine rings is 1. The van der Waals surface area contributed by atoms with Crippen molar-refractivity contribution in [1.29, 1.82) is 0 Å². The van der Waals surface area contributed by atoms with Gasteiger partial charge in [-0.3, -0.25) is 9.78 Å². The van der Waals surface area contributed by atoms with Crippen molar-refractivity contribution in [2.75, 3.05) is 13.1 Å². The summed E-state index contributed by atoms with van der Waals surface area (Å²) in [6.07, 6.45) is 5.28. The summed E-state index contributed by atoms with van der Waals surface area (Å²) >= 11 is 6.00. The Morgan fingerprint density at radius 3 is 2.62 bits per heavy atom. The highest BCUT2D eigenvalue weighted by Crippen LogP contribution is 2.17. The molecular formula is C19H22ClN3O. The number of likely N-dealkylation sites (tertiary alicyclic amines) is 1. The van der Waals surface area contributed by atoms with Crippen molar-refractivity contribution >= 4 is 17.5 Å². The van der Waals surface area contributed by atoms with Gasteiger partial charge >= 0.3 is 0 Å². The number of carbonyl (C=O) groups excluding carboxylic acids is 1. The fourth-order valence-electron chi connectivity index (χ4n) is 3.08. The molecule has 1 aromatic carbocycles. The number of amides is 1. The zero-order chi connectivity index (χ0) is 16.9. The first-order valence-electron chi connectivity index (χ1n) is 8.31. The molecule has 1 aliphatic rings. The molecule has 1 aliphatic heterocycles. The number of hydrogen-bond acceptors (Lipinski definition) is 3. The third kappa shape index (κ3) is 4.13. The summed E-state index contributed by atoms with van der Waals surface area (Å²) in [5, 5.41) is 4.38. The van der Waals surface area contributed by atoms with Crippen LogP contribution in [0.5, 0.6) is 0 Å². The van der Waals surface area contributed by atoms with E-state index < -0.39 is 0 Å². The Labute approximate surface area is 147 Å². The Hall–Kier alpha value is -1.91. The van der Waals surface area contributed by atoms with E-state index in [4.69, 9.17) is 11.6 Å². The molecule has 0 aliphatic carbocycles. The van der Waals surface area contributed by atoms with Gasteiger partial charge in [-0.15, -0.1) is 0 Å². The van der Waals surface area contributed by atoms with Crippen LogP contribution in [-0.4, -0.2) is 34.9 Å². The van der Waals surface area contributed by atoms with E-state index in [1.165, 1.54) is 11.1 Å². The molecule has 0 bridgehead atoms. The van der Waals surface area contributed by atoms with Gasteiger partial charge in [0.1, 0.15) is 0 Å². The Morgan fingerprint density at radius 2 is 1.96 bits per heavy atom. The summed E-state index contributed by atoms with van der Waals surface area (Å²) in [5.74, 6) is 0.101. The van der Waals surface area contributed by atoms with E-state index in [-0.39, 0.29) is 5.91 Å². The first-order valence-corrected chi connectivity index (χ1v) is 8.69. The van der Waals surface area contributed by atoms with Gasteiger partial charge in [0.15, 0.2) is 0 Å². The monoisotopic (exact) mass is 343 g/mol. The SMILES string of the molecule is Cc1cc(Cl)ccc1CNC1CCN(C(=O)c2ccncc2)CC1. The molecule has 1 fully saturated rings. The number of carbonyl (C=O) groups is 1. The Balaban J connectivity index is 1.49. The number of pyridine rings is 1. The van der Waals surface area contributed by atoms with Crippen molar-refractivity contribution in [3.05, 3.63) is 64.4 Å². The van der Waals surface area contributed by atoms with Gasteiger partial charge in [0.2, 0.25) is 0 Å². The van der Waals surface area contributed by atoms with Crippen molar-refractivity contribution in [2.24, 2.45) is 0 Å². The first kappa shape index (κ1) is 16.9. The summed E-state index contributed by atoms with van der Waals surface area (Å²) in [4.78, 5) is 18.3. The van der Waals surface area contributed by atoms with E-state index in [0.29, 0.717) is 11.6 Å². The molecule has 0 atom stereocenters. The second kappa shape index (κ2) is 7.77. The number of aromatic nitrogens is 1. The molecule has 3 rings (SSSR count). The molecule has 0 unspecified atom stereocenters.